The van der Waals surface area contributed by atoms with Gasteiger partial charge in [-0.15, -0.1) is 0 Å². The number of aromatic nitrogens is 2. The fourth-order valence-electron chi connectivity index (χ4n) is 4.28. The monoisotopic (exact) mass is 393 g/mol. The van der Waals surface area contributed by atoms with Gasteiger partial charge in [-0.1, -0.05) is 54.1 Å². The van der Waals surface area contributed by atoms with E-state index in [2.05, 4.69) is 11.2 Å². The quantitative estimate of drug-likeness (QED) is 0.705. The third-order valence-electron chi connectivity index (χ3n) is 5.98. The van der Waals surface area contributed by atoms with Crippen molar-refractivity contribution in [1.29, 1.82) is 0 Å². The first-order valence-electron chi connectivity index (χ1n) is 9.73. The number of hydrogen-bond acceptors (Lipinski definition) is 3. The van der Waals surface area contributed by atoms with Gasteiger partial charge in [-0.05, 0) is 49.4 Å². The Labute approximate surface area is 170 Å². The lowest BCUT2D eigenvalue weighted by Gasteiger charge is -2.40. The van der Waals surface area contributed by atoms with Gasteiger partial charge in [0.25, 0.3) is 5.56 Å². The summed E-state index contributed by atoms with van der Waals surface area (Å²) in [5, 5.41) is 5.42. The van der Waals surface area contributed by atoms with Crippen molar-refractivity contribution in [3.8, 4) is 11.3 Å². The maximum Gasteiger partial charge on any atom is 0.267 e. The van der Waals surface area contributed by atoms with Gasteiger partial charge < -0.3 is 5.73 Å². The SMILES string of the molecule is NC[C@]1(c2cccc(Cl)c2)CC[C@H](n2nc(-c3ccccc3)ccc2=O)CC1. The molecule has 1 aromatic heterocycles. The predicted octanol–water partition coefficient (Wildman–Crippen LogP) is 4.58. The van der Waals surface area contributed by atoms with Gasteiger partial charge in [0.1, 0.15) is 0 Å². The Kier molecular flexibility index (Phi) is 5.33. The number of halogens is 1. The van der Waals surface area contributed by atoms with Crippen LogP contribution in [0, 0.1) is 0 Å². The van der Waals surface area contributed by atoms with Crippen molar-refractivity contribution in [2.24, 2.45) is 5.73 Å². The first-order chi connectivity index (χ1) is 13.6. The molecule has 0 bridgehead atoms. The fourth-order valence-corrected chi connectivity index (χ4v) is 4.47. The molecule has 4 nitrogen and oxygen atoms in total. The Hall–Kier alpha value is -2.43. The summed E-state index contributed by atoms with van der Waals surface area (Å²) in [7, 11) is 0. The maximum absolute atomic E-state index is 12.5. The van der Waals surface area contributed by atoms with E-state index in [1.165, 1.54) is 5.56 Å². The van der Waals surface area contributed by atoms with Crippen LogP contribution in [-0.2, 0) is 5.41 Å². The molecule has 1 saturated carbocycles. The molecule has 1 aliphatic rings. The summed E-state index contributed by atoms with van der Waals surface area (Å²) in [6, 6.07) is 21.5. The summed E-state index contributed by atoms with van der Waals surface area (Å²) in [5.41, 5.74) is 9.11. The second-order valence-electron chi connectivity index (χ2n) is 7.59. The number of nitrogens with two attached hydrogens (primary N) is 1. The molecule has 0 spiro atoms. The van der Waals surface area contributed by atoms with E-state index in [0.717, 1.165) is 42.0 Å². The molecule has 5 heteroatoms. The molecule has 28 heavy (non-hydrogen) atoms. The van der Waals surface area contributed by atoms with E-state index in [1.807, 2.05) is 48.5 Å². The van der Waals surface area contributed by atoms with Crippen LogP contribution in [0.1, 0.15) is 37.3 Å². The van der Waals surface area contributed by atoms with Gasteiger partial charge in [0, 0.05) is 28.6 Å². The lowest BCUT2D eigenvalue weighted by atomic mass is 9.68. The zero-order chi connectivity index (χ0) is 19.6. The molecule has 144 valence electrons. The van der Waals surface area contributed by atoms with E-state index in [9.17, 15) is 4.79 Å². The molecule has 0 unspecified atom stereocenters. The molecule has 0 aliphatic heterocycles. The molecule has 2 aromatic carbocycles. The first-order valence-corrected chi connectivity index (χ1v) is 10.1. The van der Waals surface area contributed by atoms with Gasteiger partial charge in [0.15, 0.2) is 0 Å². The van der Waals surface area contributed by atoms with Gasteiger partial charge in [0.05, 0.1) is 11.7 Å². The second kappa shape index (κ2) is 7.90. The molecule has 0 radical (unpaired) electrons. The predicted molar refractivity (Wildman–Crippen MR) is 114 cm³/mol. The van der Waals surface area contributed by atoms with Gasteiger partial charge in [-0.2, -0.15) is 5.10 Å². The third kappa shape index (κ3) is 3.62. The van der Waals surface area contributed by atoms with Crippen molar-refractivity contribution in [1.82, 2.24) is 9.78 Å². The molecule has 0 amide bonds. The standard InChI is InChI=1S/C23H24ClN3O/c24-19-8-4-7-18(15-19)23(16-25)13-11-20(12-14-23)27-22(28)10-9-21(26-27)17-5-2-1-3-6-17/h1-10,15,20H,11-14,16,25H2/t20-,23-. The summed E-state index contributed by atoms with van der Waals surface area (Å²) in [4.78, 5) is 12.5. The number of nitrogens with zero attached hydrogens (tertiary/aromatic N) is 2. The highest BCUT2D eigenvalue weighted by atomic mass is 35.5. The van der Waals surface area contributed by atoms with Crippen LogP contribution in [0.25, 0.3) is 11.3 Å². The molecule has 0 saturated heterocycles. The topological polar surface area (TPSA) is 60.9 Å². The molecular weight excluding hydrogens is 370 g/mol. The Bertz CT molecular complexity index is 1010. The number of rotatable bonds is 4. The van der Waals surface area contributed by atoms with Crippen LogP contribution in [0.5, 0.6) is 0 Å². The lowest BCUT2D eigenvalue weighted by Crippen LogP contribution is -2.41. The van der Waals surface area contributed by atoms with Crippen molar-refractivity contribution in [2.45, 2.75) is 37.1 Å². The van der Waals surface area contributed by atoms with Crippen molar-refractivity contribution in [3.05, 3.63) is 87.7 Å². The molecular formula is C23H24ClN3O. The molecule has 0 atom stereocenters. The van der Waals surface area contributed by atoms with E-state index in [-0.39, 0.29) is 17.0 Å². The largest absolute Gasteiger partial charge is 0.330 e. The van der Waals surface area contributed by atoms with E-state index < -0.39 is 0 Å². The van der Waals surface area contributed by atoms with Gasteiger partial charge in [-0.3, -0.25) is 4.79 Å². The second-order valence-corrected chi connectivity index (χ2v) is 8.03. The molecule has 1 heterocycles. The van der Waals surface area contributed by atoms with Gasteiger partial charge >= 0.3 is 0 Å². The van der Waals surface area contributed by atoms with Crippen molar-refractivity contribution in [3.63, 3.8) is 0 Å². The van der Waals surface area contributed by atoms with E-state index in [1.54, 1.807) is 16.8 Å². The average Bonchev–Trinajstić information content (AvgIpc) is 2.75. The van der Waals surface area contributed by atoms with Gasteiger partial charge in [-0.25, -0.2) is 4.68 Å². The van der Waals surface area contributed by atoms with Crippen LogP contribution >= 0.6 is 11.6 Å². The van der Waals surface area contributed by atoms with Crippen molar-refractivity contribution < 1.29 is 0 Å². The zero-order valence-corrected chi connectivity index (χ0v) is 16.5. The van der Waals surface area contributed by atoms with E-state index >= 15 is 0 Å². The average molecular weight is 394 g/mol. The van der Waals surface area contributed by atoms with Crippen molar-refractivity contribution in [2.75, 3.05) is 6.54 Å². The third-order valence-corrected chi connectivity index (χ3v) is 6.22. The van der Waals surface area contributed by atoms with Crippen LogP contribution in [0.2, 0.25) is 5.02 Å². The summed E-state index contributed by atoms with van der Waals surface area (Å²) >= 11 is 6.21. The first kappa shape index (κ1) is 18.9. The van der Waals surface area contributed by atoms with Crippen LogP contribution in [0.15, 0.2) is 71.5 Å². The van der Waals surface area contributed by atoms with Crippen LogP contribution in [-0.4, -0.2) is 16.3 Å². The minimum absolute atomic E-state index is 0.0484. The molecule has 1 aliphatic carbocycles. The molecule has 1 fully saturated rings. The molecule has 2 N–H and O–H groups in total. The summed E-state index contributed by atoms with van der Waals surface area (Å²) in [5.74, 6) is 0. The minimum Gasteiger partial charge on any atom is -0.330 e. The minimum atomic E-state index is -0.0813. The highest BCUT2D eigenvalue weighted by Gasteiger charge is 2.37. The van der Waals surface area contributed by atoms with Gasteiger partial charge in [0.2, 0.25) is 0 Å². The number of hydrogen-bond donors (Lipinski definition) is 1. The highest BCUT2D eigenvalue weighted by molar-refractivity contribution is 6.30. The fraction of sp³-hybridized carbons (Fsp3) is 0.304. The smallest absolute Gasteiger partial charge is 0.267 e. The van der Waals surface area contributed by atoms with Crippen LogP contribution in [0.3, 0.4) is 0 Å². The van der Waals surface area contributed by atoms with E-state index in [4.69, 9.17) is 17.3 Å². The summed E-state index contributed by atoms with van der Waals surface area (Å²) in [6.45, 7) is 0.576. The maximum atomic E-state index is 12.5. The molecule has 4 rings (SSSR count). The Morgan fingerprint density at radius 2 is 1.79 bits per heavy atom. The lowest BCUT2D eigenvalue weighted by molar-refractivity contribution is 0.222. The summed E-state index contributed by atoms with van der Waals surface area (Å²) < 4.78 is 1.67. The van der Waals surface area contributed by atoms with Crippen LogP contribution < -0.4 is 11.3 Å². The molecule has 3 aromatic rings. The Morgan fingerprint density at radius 3 is 2.46 bits per heavy atom. The van der Waals surface area contributed by atoms with Crippen LogP contribution in [0.4, 0.5) is 0 Å². The number of benzene rings is 2. The van der Waals surface area contributed by atoms with E-state index in [0.29, 0.717) is 6.54 Å². The highest BCUT2D eigenvalue weighted by Crippen LogP contribution is 2.42. The Morgan fingerprint density at radius 1 is 1.04 bits per heavy atom. The normalized spacial score (nSPS) is 22.1. The van der Waals surface area contributed by atoms with Crippen molar-refractivity contribution >= 4 is 11.6 Å². The zero-order valence-electron chi connectivity index (χ0n) is 15.7. The Balaban J connectivity index is 1.59. The summed E-state index contributed by atoms with van der Waals surface area (Å²) in [6.07, 6.45) is 3.57.